The largest absolute Gasteiger partial charge is 0.326 e. The highest BCUT2D eigenvalue weighted by Gasteiger charge is 2.25. The van der Waals surface area contributed by atoms with Crippen LogP contribution in [-0.2, 0) is 26.1 Å². The van der Waals surface area contributed by atoms with Crippen molar-refractivity contribution in [2.75, 3.05) is 5.32 Å². The van der Waals surface area contributed by atoms with Gasteiger partial charge < -0.3 is 5.32 Å². The van der Waals surface area contributed by atoms with Crippen LogP contribution in [0.15, 0.2) is 54.6 Å². The lowest BCUT2D eigenvalue weighted by Gasteiger charge is -2.24. The van der Waals surface area contributed by atoms with Gasteiger partial charge >= 0.3 is 0 Å². The number of sulfone groups is 1. The number of amides is 1. The van der Waals surface area contributed by atoms with Crippen LogP contribution in [-0.4, -0.2) is 14.3 Å². The van der Waals surface area contributed by atoms with E-state index in [-0.39, 0.29) is 23.3 Å². The van der Waals surface area contributed by atoms with Crippen LogP contribution >= 0.6 is 0 Å². The normalized spacial score (nSPS) is 14.8. The first-order valence-corrected chi connectivity index (χ1v) is 9.98. The fourth-order valence-corrected chi connectivity index (χ4v) is 4.28. The summed E-state index contributed by atoms with van der Waals surface area (Å²) in [7, 11) is -3.26. The molecule has 24 heavy (non-hydrogen) atoms. The minimum absolute atomic E-state index is 0.0203. The van der Waals surface area contributed by atoms with Gasteiger partial charge in [-0.2, -0.15) is 0 Å². The van der Waals surface area contributed by atoms with Gasteiger partial charge in [0, 0.05) is 11.6 Å². The summed E-state index contributed by atoms with van der Waals surface area (Å²) in [5, 5.41) is 2.89. The number of anilines is 1. The molecule has 0 aliphatic heterocycles. The van der Waals surface area contributed by atoms with E-state index in [9.17, 15) is 13.2 Å². The molecule has 0 heterocycles. The van der Waals surface area contributed by atoms with E-state index in [4.69, 9.17) is 0 Å². The molecule has 1 saturated carbocycles. The summed E-state index contributed by atoms with van der Waals surface area (Å²) in [6, 6.07) is 16.3. The van der Waals surface area contributed by atoms with Gasteiger partial charge in [-0.05, 0) is 36.1 Å². The predicted octanol–water partition coefficient (Wildman–Crippen LogP) is 3.54. The van der Waals surface area contributed by atoms with E-state index in [0.29, 0.717) is 11.3 Å². The molecule has 1 N–H and O–H groups in total. The van der Waals surface area contributed by atoms with Gasteiger partial charge in [-0.15, -0.1) is 0 Å². The second-order valence-electron chi connectivity index (χ2n) is 6.34. The maximum atomic E-state index is 12.4. The van der Waals surface area contributed by atoms with Crippen molar-refractivity contribution >= 4 is 21.4 Å². The summed E-state index contributed by atoms with van der Waals surface area (Å²) >= 11 is 0. The summed E-state index contributed by atoms with van der Waals surface area (Å²) in [6.45, 7) is 0. The lowest BCUT2D eigenvalue weighted by molar-refractivity contribution is -0.122. The quantitative estimate of drug-likeness (QED) is 0.872. The Morgan fingerprint density at radius 1 is 0.958 bits per heavy atom. The molecule has 0 saturated heterocycles. The molecule has 1 amide bonds. The molecular formula is C19H21NO3S. The van der Waals surface area contributed by atoms with Crippen LogP contribution in [0, 0.1) is 5.92 Å². The molecule has 5 heteroatoms. The van der Waals surface area contributed by atoms with Crippen molar-refractivity contribution in [3.63, 3.8) is 0 Å². The molecule has 1 aliphatic carbocycles. The van der Waals surface area contributed by atoms with Gasteiger partial charge in [0.15, 0.2) is 9.84 Å². The zero-order chi connectivity index (χ0) is 17.0. The Morgan fingerprint density at radius 3 is 2.29 bits per heavy atom. The maximum Gasteiger partial charge on any atom is 0.227 e. The highest BCUT2D eigenvalue weighted by Crippen LogP contribution is 2.27. The summed E-state index contributed by atoms with van der Waals surface area (Å²) in [4.78, 5) is 12.0. The van der Waals surface area contributed by atoms with Crippen molar-refractivity contribution in [3.8, 4) is 0 Å². The minimum Gasteiger partial charge on any atom is -0.326 e. The molecule has 126 valence electrons. The smallest absolute Gasteiger partial charge is 0.227 e. The average molecular weight is 343 g/mol. The minimum atomic E-state index is -3.26. The maximum absolute atomic E-state index is 12.4. The summed E-state index contributed by atoms with van der Waals surface area (Å²) in [5.41, 5.74) is 2.14. The third-order valence-corrected chi connectivity index (χ3v) is 5.83. The van der Waals surface area contributed by atoms with Crippen molar-refractivity contribution in [2.45, 2.75) is 30.8 Å². The number of carbonyl (C=O) groups is 1. The van der Waals surface area contributed by atoms with Crippen LogP contribution < -0.4 is 5.32 Å². The monoisotopic (exact) mass is 343 g/mol. The Labute approximate surface area is 142 Å². The standard InChI is InChI=1S/C19H21NO3S/c21-19(17-9-5-10-17)20-18-11-4-8-16(12-18)14-24(22,23)13-15-6-2-1-3-7-15/h1-4,6-8,11-12,17H,5,9-10,13-14H2,(H,20,21). The molecule has 0 aromatic heterocycles. The fourth-order valence-electron chi connectivity index (χ4n) is 2.79. The van der Waals surface area contributed by atoms with Crippen LogP contribution in [0.3, 0.4) is 0 Å². The average Bonchev–Trinajstić information content (AvgIpc) is 2.45. The van der Waals surface area contributed by atoms with Crippen molar-refractivity contribution in [3.05, 3.63) is 65.7 Å². The number of nitrogens with one attached hydrogen (secondary N) is 1. The van der Waals surface area contributed by atoms with Gasteiger partial charge in [0.2, 0.25) is 5.91 Å². The van der Waals surface area contributed by atoms with Gasteiger partial charge in [0.1, 0.15) is 0 Å². The molecule has 2 aromatic rings. The fraction of sp³-hybridized carbons (Fsp3) is 0.316. The Kier molecular flexibility index (Phi) is 5.00. The van der Waals surface area contributed by atoms with Crippen LogP contribution in [0.4, 0.5) is 5.69 Å². The van der Waals surface area contributed by atoms with Gasteiger partial charge in [-0.25, -0.2) is 8.42 Å². The Balaban J connectivity index is 1.66. The van der Waals surface area contributed by atoms with Crippen molar-refractivity contribution in [2.24, 2.45) is 5.92 Å². The predicted molar refractivity (Wildman–Crippen MR) is 95.2 cm³/mol. The third-order valence-electron chi connectivity index (χ3n) is 4.29. The lowest BCUT2D eigenvalue weighted by atomic mass is 9.85. The second kappa shape index (κ2) is 7.18. The first-order valence-electron chi connectivity index (χ1n) is 8.16. The molecule has 1 fully saturated rings. The summed E-state index contributed by atoms with van der Waals surface area (Å²) < 4.78 is 24.8. The van der Waals surface area contributed by atoms with E-state index in [1.165, 1.54) is 0 Å². The number of hydrogen-bond donors (Lipinski definition) is 1. The third kappa shape index (κ3) is 4.45. The topological polar surface area (TPSA) is 63.2 Å². The molecule has 0 radical (unpaired) electrons. The molecule has 0 atom stereocenters. The molecular weight excluding hydrogens is 322 g/mol. The van der Waals surface area contributed by atoms with Gasteiger partial charge in [-0.3, -0.25) is 4.79 Å². The zero-order valence-electron chi connectivity index (χ0n) is 13.4. The van der Waals surface area contributed by atoms with E-state index < -0.39 is 9.84 Å². The molecule has 0 spiro atoms. The van der Waals surface area contributed by atoms with Crippen molar-refractivity contribution in [1.82, 2.24) is 0 Å². The Hall–Kier alpha value is -2.14. The van der Waals surface area contributed by atoms with E-state index >= 15 is 0 Å². The number of rotatable bonds is 6. The summed E-state index contributed by atoms with van der Waals surface area (Å²) in [5.74, 6) is 0.127. The second-order valence-corrected chi connectivity index (χ2v) is 8.40. The Morgan fingerprint density at radius 2 is 1.62 bits per heavy atom. The van der Waals surface area contributed by atoms with Gasteiger partial charge in [0.05, 0.1) is 11.5 Å². The van der Waals surface area contributed by atoms with Crippen LogP contribution in [0.25, 0.3) is 0 Å². The molecule has 4 nitrogen and oxygen atoms in total. The van der Waals surface area contributed by atoms with E-state index in [2.05, 4.69) is 5.32 Å². The number of benzene rings is 2. The van der Waals surface area contributed by atoms with E-state index in [0.717, 1.165) is 24.8 Å². The summed E-state index contributed by atoms with van der Waals surface area (Å²) in [6.07, 6.45) is 2.99. The molecule has 3 rings (SSSR count). The highest BCUT2D eigenvalue weighted by atomic mass is 32.2. The van der Waals surface area contributed by atoms with Crippen LogP contribution in [0.1, 0.15) is 30.4 Å². The number of carbonyl (C=O) groups excluding carboxylic acids is 1. The zero-order valence-corrected chi connectivity index (χ0v) is 14.3. The highest BCUT2D eigenvalue weighted by molar-refractivity contribution is 7.89. The first kappa shape index (κ1) is 16.7. The van der Waals surface area contributed by atoms with Gasteiger partial charge in [-0.1, -0.05) is 48.9 Å². The van der Waals surface area contributed by atoms with E-state index in [1.54, 1.807) is 24.3 Å². The van der Waals surface area contributed by atoms with Crippen LogP contribution in [0.5, 0.6) is 0 Å². The lowest BCUT2D eigenvalue weighted by Crippen LogP contribution is -2.28. The Bertz CT molecular complexity index is 812. The van der Waals surface area contributed by atoms with Gasteiger partial charge in [0.25, 0.3) is 0 Å². The number of hydrogen-bond acceptors (Lipinski definition) is 3. The van der Waals surface area contributed by atoms with E-state index in [1.807, 2.05) is 30.3 Å². The molecule has 0 unspecified atom stereocenters. The van der Waals surface area contributed by atoms with Crippen LogP contribution in [0.2, 0.25) is 0 Å². The molecule has 2 aromatic carbocycles. The SMILES string of the molecule is O=C(Nc1cccc(CS(=O)(=O)Cc2ccccc2)c1)C1CCC1. The first-order chi connectivity index (χ1) is 11.5. The van der Waals surface area contributed by atoms with Crippen molar-refractivity contribution in [1.29, 1.82) is 0 Å². The molecule has 0 bridgehead atoms. The van der Waals surface area contributed by atoms with Crippen molar-refractivity contribution < 1.29 is 13.2 Å². The molecule has 1 aliphatic rings.